The van der Waals surface area contributed by atoms with Crippen molar-refractivity contribution in [3.63, 3.8) is 0 Å². The summed E-state index contributed by atoms with van der Waals surface area (Å²) < 4.78 is 2.15. The summed E-state index contributed by atoms with van der Waals surface area (Å²) in [5, 5.41) is 17.6. The fraction of sp³-hybridized carbons (Fsp3) is 0.480. The summed E-state index contributed by atoms with van der Waals surface area (Å²) >= 11 is 0. The first kappa shape index (κ1) is 20.7. The Labute approximate surface area is 179 Å². The Kier molecular flexibility index (Phi) is 6.00. The van der Waals surface area contributed by atoms with Gasteiger partial charge in [-0.05, 0) is 80.4 Å². The first-order chi connectivity index (χ1) is 14.4. The maximum Gasteiger partial charge on any atom is 0.158 e. The molecule has 0 unspecified atom stereocenters. The average Bonchev–Trinajstić information content (AvgIpc) is 3.08. The number of pyridine rings is 1. The van der Waals surface area contributed by atoms with Crippen LogP contribution in [0.5, 0.6) is 0 Å². The molecule has 3 aromatic rings. The number of aromatic nitrogens is 3. The van der Waals surface area contributed by atoms with Crippen LogP contribution in [0.2, 0.25) is 0 Å². The maximum atomic E-state index is 7.83. The second-order valence-corrected chi connectivity index (χ2v) is 9.08. The smallest absolute Gasteiger partial charge is 0.158 e. The zero-order chi connectivity index (χ0) is 21.3. The van der Waals surface area contributed by atoms with Gasteiger partial charge in [-0.1, -0.05) is 26.0 Å². The molecule has 2 N–H and O–H groups in total. The van der Waals surface area contributed by atoms with Crippen molar-refractivity contribution in [2.45, 2.75) is 59.4 Å². The molecule has 5 heteroatoms. The molecule has 1 fully saturated rings. The van der Waals surface area contributed by atoms with Gasteiger partial charge < -0.3 is 10.7 Å². The molecule has 0 spiro atoms. The van der Waals surface area contributed by atoms with E-state index in [1.807, 2.05) is 13.1 Å². The van der Waals surface area contributed by atoms with Gasteiger partial charge in [0.15, 0.2) is 5.65 Å². The van der Waals surface area contributed by atoms with E-state index in [1.54, 1.807) is 0 Å². The van der Waals surface area contributed by atoms with Crippen molar-refractivity contribution in [1.29, 1.82) is 5.41 Å². The standard InChI is InChI=1S/C25H33N5/c1-16(2)22-9-12-28-25-23(22)24(29-30(25)15-19-7-10-27-11-8-19)21-6-5-20(14-18(4)26)17(3)13-21/h5-6,9,12-13,16,19,26-27H,7-8,10-11,14-15H2,1-4H3. The van der Waals surface area contributed by atoms with Gasteiger partial charge in [0.25, 0.3) is 0 Å². The van der Waals surface area contributed by atoms with Crippen molar-refractivity contribution >= 4 is 16.7 Å². The van der Waals surface area contributed by atoms with E-state index in [0.717, 1.165) is 36.5 Å². The van der Waals surface area contributed by atoms with Gasteiger partial charge in [0.2, 0.25) is 0 Å². The quantitative estimate of drug-likeness (QED) is 0.562. The number of aryl methyl sites for hydroxylation is 1. The summed E-state index contributed by atoms with van der Waals surface area (Å²) in [5.41, 5.74) is 7.62. The first-order valence-electron chi connectivity index (χ1n) is 11.1. The topological polar surface area (TPSA) is 66.6 Å². The number of fused-ring (bicyclic) bond motifs is 1. The third-order valence-corrected chi connectivity index (χ3v) is 6.25. The van der Waals surface area contributed by atoms with Crippen LogP contribution in [-0.2, 0) is 13.0 Å². The highest BCUT2D eigenvalue weighted by Gasteiger charge is 2.21. The van der Waals surface area contributed by atoms with Crippen molar-refractivity contribution in [2.75, 3.05) is 13.1 Å². The maximum absolute atomic E-state index is 7.83. The number of hydrogen-bond acceptors (Lipinski definition) is 4. The van der Waals surface area contributed by atoms with Gasteiger partial charge in [-0.3, -0.25) is 0 Å². The van der Waals surface area contributed by atoms with Crippen LogP contribution in [0.1, 0.15) is 56.2 Å². The average molecular weight is 404 g/mol. The van der Waals surface area contributed by atoms with Gasteiger partial charge in [0.1, 0.15) is 5.69 Å². The van der Waals surface area contributed by atoms with Crippen molar-refractivity contribution in [3.8, 4) is 11.3 Å². The SMILES string of the molecule is CC(=N)Cc1ccc(-c2nn(CC3CCNCC3)c3nccc(C(C)C)c23)cc1C. The van der Waals surface area contributed by atoms with E-state index < -0.39 is 0 Å². The second kappa shape index (κ2) is 8.68. The molecule has 5 nitrogen and oxygen atoms in total. The van der Waals surface area contributed by atoms with E-state index in [0.29, 0.717) is 24.0 Å². The first-order valence-corrected chi connectivity index (χ1v) is 11.1. The number of hydrogen-bond donors (Lipinski definition) is 2. The number of nitrogens with one attached hydrogen (secondary N) is 2. The van der Waals surface area contributed by atoms with Crippen molar-refractivity contribution in [3.05, 3.63) is 47.2 Å². The number of nitrogens with zero attached hydrogens (tertiary/aromatic N) is 3. The number of benzene rings is 1. The minimum Gasteiger partial charge on any atom is -0.317 e. The molecule has 1 saturated heterocycles. The molecule has 0 saturated carbocycles. The fourth-order valence-electron chi connectivity index (χ4n) is 4.57. The van der Waals surface area contributed by atoms with E-state index in [2.05, 4.69) is 55.0 Å². The molecule has 158 valence electrons. The van der Waals surface area contributed by atoms with E-state index >= 15 is 0 Å². The van der Waals surface area contributed by atoms with Gasteiger partial charge in [0.05, 0.1) is 5.39 Å². The number of piperidine rings is 1. The van der Waals surface area contributed by atoms with Crippen LogP contribution >= 0.6 is 0 Å². The Hall–Kier alpha value is -2.53. The molecule has 30 heavy (non-hydrogen) atoms. The Morgan fingerprint density at radius 2 is 2.00 bits per heavy atom. The van der Waals surface area contributed by atoms with E-state index in [4.69, 9.17) is 15.5 Å². The molecule has 0 bridgehead atoms. The highest BCUT2D eigenvalue weighted by molar-refractivity contribution is 5.94. The van der Waals surface area contributed by atoms with Crippen LogP contribution in [-0.4, -0.2) is 33.6 Å². The van der Waals surface area contributed by atoms with Crippen LogP contribution in [0.15, 0.2) is 30.5 Å². The molecular weight excluding hydrogens is 370 g/mol. The Balaban J connectivity index is 1.82. The van der Waals surface area contributed by atoms with E-state index in [9.17, 15) is 0 Å². The van der Waals surface area contributed by atoms with Crippen molar-refractivity contribution in [1.82, 2.24) is 20.1 Å². The molecule has 4 rings (SSSR count). The summed E-state index contributed by atoms with van der Waals surface area (Å²) in [6, 6.07) is 8.70. The summed E-state index contributed by atoms with van der Waals surface area (Å²) in [6.07, 6.45) is 5.02. The molecule has 0 atom stereocenters. The minimum absolute atomic E-state index is 0.409. The third-order valence-electron chi connectivity index (χ3n) is 6.25. The monoisotopic (exact) mass is 403 g/mol. The zero-order valence-electron chi connectivity index (χ0n) is 18.6. The van der Waals surface area contributed by atoms with Gasteiger partial charge in [-0.15, -0.1) is 0 Å². The highest BCUT2D eigenvalue weighted by Crippen LogP contribution is 2.34. The minimum atomic E-state index is 0.409. The molecule has 0 aliphatic carbocycles. The van der Waals surface area contributed by atoms with Crippen LogP contribution in [0.3, 0.4) is 0 Å². The van der Waals surface area contributed by atoms with Gasteiger partial charge in [-0.25, -0.2) is 9.67 Å². The van der Waals surface area contributed by atoms with Crippen LogP contribution in [0, 0.1) is 18.3 Å². The predicted molar refractivity (Wildman–Crippen MR) is 124 cm³/mol. The number of rotatable bonds is 6. The summed E-state index contributed by atoms with van der Waals surface area (Å²) in [4.78, 5) is 4.77. The molecule has 2 aromatic heterocycles. The molecule has 0 amide bonds. The van der Waals surface area contributed by atoms with Gasteiger partial charge >= 0.3 is 0 Å². The lowest BCUT2D eigenvalue weighted by molar-refractivity contribution is 0.325. The Morgan fingerprint density at radius 3 is 2.67 bits per heavy atom. The highest BCUT2D eigenvalue weighted by atomic mass is 15.3. The molecule has 1 aliphatic rings. The van der Waals surface area contributed by atoms with Gasteiger partial charge in [-0.2, -0.15) is 5.10 Å². The normalized spacial score (nSPS) is 15.2. The third kappa shape index (κ3) is 4.17. The van der Waals surface area contributed by atoms with Crippen LogP contribution in [0.25, 0.3) is 22.3 Å². The summed E-state index contributed by atoms with van der Waals surface area (Å²) in [7, 11) is 0. The van der Waals surface area contributed by atoms with Crippen LogP contribution in [0.4, 0.5) is 0 Å². The summed E-state index contributed by atoms with van der Waals surface area (Å²) in [6.45, 7) is 11.6. The Bertz CT molecular complexity index is 1060. The predicted octanol–water partition coefficient (Wildman–Crippen LogP) is 5.11. The van der Waals surface area contributed by atoms with E-state index in [-0.39, 0.29) is 0 Å². The lowest BCUT2D eigenvalue weighted by Crippen LogP contribution is -2.30. The second-order valence-electron chi connectivity index (χ2n) is 9.08. The lowest BCUT2D eigenvalue weighted by atomic mass is 9.95. The van der Waals surface area contributed by atoms with E-state index in [1.165, 1.54) is 34.9 Å². The fourth-order valence-corrected chi connectivity index (χ4v) is 4.57. The Morgan fingerprint density at radius 1 is 1.23 bits per heavy atom. The molecular formula is C25H33N5. The molecule has 3 heterocycles. The van der Waals surface area contributed by atoms with Crippen LogP contribution < -0.4 is 5.32 Å². The lowest BCUT2D eigenvalue weighted by Gasteiger charge is -2.22. The molecule has 0 radical (unpaired) electrons. The largest absolute Gasteiger partial charge is 0.317 e. The van der Waals surface area contributed by atoms with Crippen molar-refractivity contribution < 1.29 is 0 Å². The zero-order valence-corrected chi connectivity index (χ0v) is 18.6. The molecule has 1 aromatic carbocycles. The molecule has 1 aliphatic heterocycles. The van der Waals surface area contributed by atoms with Crippen molar-refractivity contribution in [2.24, 2.45) is 5.92 Å². The van der Waals surface area contributed by atoms with Gasteiger partial charge in [0, 0.05) is 30.4 Å². The summed E-state index contributed by atoms with van der Waals surface area (Å²) in [5.74, 6) is 1.05.